The van der Waals surface area contributed by atoms with Crippen LogP contribution in [0.25, 0.3) is 10.9 Å². The van der Waals surface area contributed by atoms with Crippen molar-refractivity contribution in [1.82, 2.24) is 10.3 Å². The molecule has 5 nitrogen and oxygen atoms in total. The van der Waals surface area contributed by atoms with E-state index in [2.05, 4.69) is 17.2 Å². The predicted octanol–water partition coefficient (Wildman–Crippen LogP) is 3.70. The fourth-order valence-corrected chi connectivity index (χ4v) is 3.81. The van der Waals surface area contributed by atoms with Gasteiger partial charge in [-0.1, -0.05) is 38.0 Å². The number of aromatic nitrogens is 1. The summed E-state index contributed by atoms with van der Waals surface area (Å²) in [5.41, 5.74) is 2.75. The van der Waals surface area contributed by atoms with Gasteiger partial charge in [0.05, 0.1) is 16.8 Å². The Hall–Kier alpha value is -2.43. The van der Waals surface area contributed by atoms with Crippen molar-refractivity contribution in [1.29, 1.82) is 0 Å². The van der Waals surface area contributed by atoms with E-state index in [4.69, 9.17) is 4.74 Å². The van der Waals surface area contributed by atoms with Crippen LogP contribution in [-0.4, -0.2) is 29.5 Å². The van der Waals surface area contributed by atoms with E-state index >= 15 is 0 Å². The van der Waals surface area contributed by atoms with Crippen molar-refractivity contribution in [3.05, 3.63) is 41.1 Å². The Kier molecular flexibility index (Phi) is 5.55. The van der Waals surface area contributed by atoms with Gasteiger partial charge in [-0.15, -0.1) is 0 Å². The van der Waals surface area contributed by atoms with Gasteiger partial charge in [0.15, 0.2) is 6.61 Å². The third-order valence-electron chi connectivity index (χ3n) is 5.33. The first kappa shape index (κ1) is 18.4. The van der Waals surface area contributed by atoms with Gasteiger partial charge in [-0.25, -0.2) is 4.79 Å². The van der Waals surface area contributed by atoms with Crippen LogP contribution in [0.3, 0.4) is 0 Å². The molecule has 0 saturated heterocycles. The number of pyridine rings is 1. The van der Waals surface area contributed by atoms with Gasteiger partial charge in [-0.05, 0) is 44.2 Å². The van der Waals surface area contributed by atoms with Crippen LogP contribution < -0.4 is 5.32 Å². The summed E-state index contributed by atoms with van der Waals surface area (Å²) in [4.78, 5) is 29.2. The number of rotatable bonds is 4. The van der Waals surface area contributed by atoms with E-state index in [-0.39, 0.29) is 18.6 Å². The molecule has 1 aromatic heterocycles. The SMILES string of the molecule is Cc1nc2ccccc2c(C)c1C(=O)OCC(=O)N[C@@H]1CCCC[C@@H]1C. The number of carbonyl (C=O) groups excluding carboxylic acids is 2. The van der Waals surface area contributed by atoms with Crippen molar-refractivity contribution in [2.45, 2.75) is 52.5 Å². The number of ether oxygens (including phenoxy) is 1. The van der Waals surface area contributed by atoms with Gasteiger partial charge < -0.3 is 10.1 Å². The smallest absolute Gasteiger partial charge is 0.340 e. The van der Waals surface area contributed by atoms with Gasteiger partial charge in [0.1, 0.15) is 0 Å². The Balaban J connectivity index is 1.66. The molecule has 0 spiro atoms. The molecule has 3 rings (SSSR count). The molecule has 1 aromatic carbocycles. The second-order valence-electron chi connectivity index (χ2n) is 7.23. The Morgan fingerprint density at radius 1 is 1.19 bits per heavy atom. The van der Waals surface area contributed by atoms with Crippen LogP contribution >= 0.6 is 0 Å². The van der Waals surface area contributed by atoms with E-state index in [1.807, 2.05) is 31.2 Å². The molecule has 0 aliphatic heterocycles. The molecule has 26 heavy (non-hydrogen) atoms. The Morgan fingerprint density at radius 3 is 2.69 bits per heavy atom. The first-order valence-electron chi connectivity index (χ1n) is 9.30. The van der Waals surface area contributed by atoms with E-state index < -0.39 is 5.97 Å². The van der Waals surface area contributed by atoms with Gasteiger partial charge in [-0.2, -0.15) is 0 Å². The van der Waals surface area contributed by atoms with Gasteiger partial charge >= 0.3 is 5.97 Å². The summed E-state index contributed by atoms with van der Waals surface area (Å²) in [6.07, 6.45) is 4.48. The molecule has 1 heterocycles. The van der Waals surface area contributed by atoms with E-state index in [0.717, 1.165) is 35.7 Å². The lowest BCUT2D eigenvalue weighted by molar-refractivity contribution is -0.125. The van der Waals surface area contributed by atoms with E-state index in [0.29, 0.717) is 17.2 Å². The van der Waals surface area contributed by atoms with Gasteiger partial charge in [0.25, 0.3) is 5.91 Å². The highest BCUT2D eigenvalue weighted by Gasteiger charge is 2.24. The summed E-state index contributed by atoms with van der Waals surface area (Å²) in [6, 6.07) is 7.87. The normalized spacial score (nSPS) is 20.0. The number of amides is 1. The molecular weight excluding hydrogens is 328 g/mol. The van der Waals surface area contributed by atoms with Crippen molar-refractivity contribution >= 4 is 22.8 Å². The highest BCUT2D eigenvalue weighted by atomic mass is 16.5. The molecule has 0 unspecified atom stereocenters. The molecule has 0 radical (unpaired) electrons. The van der Waals surface area contributed by atoms with E-state index in [9.17, 15) is 9.59 Å². The maximum absolute atomic E-state index is 12.5. The molecule has 2 aromatic rings. The maximum atomic E-state index is 12.5. The molecule has 1 N–H and O–H groups in total. The highest BCUT2D eigenvalue weighted by Crippen LogP contribution is 2.24. The van der Waals surface area contributed by atoms with Crippen molar-refractivity contribution in [2.75, 3.05) is 6.61 Å². The largest absolute Gasteiger partial charge is 0.452 e. The Labute approximate surface area is 154 Å². The average molecular weight is 354 g/mol. The summed E-state index contributed by atoms with van der Waals surface area (Å²) in [6.45, 7) is 5.58. The molecule has 138 valence electrons. The summed E-state index contributed by atoms with van der Waals surface area (Å²) in [5, 5.41) is 3.92. The van der Waals surface area contributed by atoms with Crippen molar-refractivity contribution in [2.24, 2.45) is 5.92 Å². The first-order valence-corrected chi connectivity index (χ1v) is 9.30. The summed E-state index contributed by atoms with van der Waals surface area (Å²) >= 11 is 0. The standard InChI is InChI=1S/C21H26N2O3/c1-13-8-4-6-10-17(13)23-19(24)12-26-21(25)20-14(2)16-9-5-7-11-18(16)22-15(20)3/h5,7,9,11,13,17H,4,6,8,10,12H2,1-3H3,(H,23,24)/t13-,17+/m0/s1. The fraction of sp³-hybridized carbons (Fsp3) is 0.476. The maximum Gasteiger partial charge on any atom is 0.340 e. The van der Waals surface area contributed by atoms with Crippen molar-refractivity contribution in [3.63, 3.8) is 0 Å². The van der Waals surface area contributed by atoms with E-state index in [1.54, 1.807) is 6.92 Å². The molecule has 0 bridgehead atoms. The minimum Gasteiger partial charge on any atom is -0.452 e. The number of benzene rings is 1. The fourth-order valence-electron chi connectivity index (χ4n) is 3.81. The number of nitrogens with one attached hydrogen (secondary N) is 1. The summed E-state index contributed by atoms with van der Waals surface area (Å²) in [7, 11) is 0. The van der Waals surface area contributed by atoms with Crippen LogP contribution in [-0.2, 0) is 9.53 Å². The number of carbonyl (C=O) groups is 2. The summed E-state index contributed by atoms with van der Waals surface area (Å²) in [5.74, 6) is -0.260. The second-order valence-corrected chi connectivity index (χ2v) is 7.23. The van der Waals surface area contributed by atoms with Gasteiger partial charge in [-0.3, -0.25) is 9.78 Å². The molecule has 5 heteroatoms. The zero-order valence-corrected chi connectivity index (χ0v) is 15.7. The van der Waals surface area contributed by atoms with Gasteiger partial charge in [0.2, 0.25) is 0 Å². The number of hydrogen-bond acceptors (Lipinski definition) is 4. The molecule has 1 aliphatic carbocycles. The van der Waals surface area contributed by atoms with Crippen molar-refractivity contribution in [3.8, 4) is 0 Å². The van der Waals surface area contributed by atoms with Crippen LogP contribution in [0.15, 0.2) is 24.3 Å². The lowest BCUT2D eigenvalue weighted by Gasteiger charge is -2.29. The minimum absolute atomic E-state index is 0.181. The minimum atomic E-state index is -0.495. The second kappa shape index (κ2) is 7.85. The molecule has 1 aliphatic rings. The van der Waals surface area contributed by atoms with Crippen LogP contribution in [0.4, 0.5) is 0 Å². The topological polar surface area (TPSA) is 68.3 Å². The van der Waals surface area contributed by atoms with Crippen molar-refractivity contribution < 1.29 is 14.3 Å². The molecule has 1 amide bonds. The third kappa shape index (κ3) is 3.87. The number of aryl methyl sites for hydroxylation is 2. The summed E-state index contributed by atoms with van der Waals surface area (Å²) < 4.78 is 5.29. The quantitative estimate of drug-likeness (QED) is 0.850. The number of hydrogen-bond donors (Lipinski definition) is 1. The molecule has 1 saturated carbocycles. The van der Waals surface area contributed by atoms with Crippen LogP contribution in [0.1, 0.15) is 54.2 Å². The highest BCUT2D eigenvalue weighted by molar-refractivity contribution is 5.99. The number of fused-ring (bicyclic) bond motifs is 1. The number of nitrogens with zero attached hydrogens (tertiary/aromatic N) is 1. The first-order chi connectivity index (χ1) is 12.5. The molecular formula is C21H26N2O3. The van der Waals surface area contributed by atoms with Crippen LogP contribution in [0.2, 0.25) is 0 Å². The number of para-hydroxylation sites is 1. The predicted molar refractivity (Wildman–Crippen MR) is 101 cm³/mol. The molecule has 1 fully saturated rings. The third-order valence-corrected chi connectivity index (χ3v) is 5.33. The molecule has 2 atom stereocenters. The number of esters is 1. The van der Waals surface area contributed by atoms with Crippen LogP contribution in [0, 0.1) is 19.8 Å². The zero-order valence-electron chi connectivity index (χ0n) is 15.7. The lowest BCUT2D eigenvalue weighted by Crippen LogP contribution is -2.42. The Bertz CT molecular complexity index is 831. The lowest BCUT2D eigenvalue weighted by atomic mass is 9.86. The van der Waals surface area contributed by atoms with Crippen LogP contribution in [0.5, 0.6) is 0 Å². The monoisotopic (exact) mass is 354 g/mol. The van der Waals surface area contributed by atoms with Gasteiger partial charge in [0, 0.05) is 11.4 Å². The average Bonchev–Trinajstić information content (AvgIpc) is 2.62. The zero-order chi connectivity index (χ0) is 18.7. The Morgan fingerprint density at radius 2 is 1.92 bits per heavy atom. The van der Waals surface area contributed by atoms with E-state index in [1.165, 1.54) is 6.42 Å².